The van der Waals surface area contributed by atoms with Crippen LogP contribution >= 0.6 is 0 Å². The smallest absolute Gasteiger partial charge is 0.340 e. The van der Waals surface area contributed by atoms with E-state index in [9.17, 15) is 4.79 Å². The number of aryl methyl sites for hydroxylation is 1. The third-order valence-corrected chi connectivity index (χ3v) is 7.58. The Hall–Kier alpha value is -4.64. The maximum absolute atomic E-state index is 13.6. The number of hydrogen-bond acceptors (Lipinski definition) is 3. The summed E-state index contributed by atoms with van der Waals surface area (Å²) >= 11 is 0. The van der Waals surface area contributed by atoms with Crippen molar-refractivity contribution in [1.82, 2.24) is 14.0 Å². The first kappa shape index (κ1) is 21.6. The number of rotatable bonds is 4. The molecule has 0 spiro atoms. The average Bonchev–Trinajstić information content (AvgIpc) is 3.57. The summed E-state index contributed by atoms with van der Waals surface area (Å²) < 4.78 is 11.0. The van der Waals surface area contributed by atoms with Gasteiger partial charge in [-0.2, -0.15) is 0 Å². The van der Waals surface area contributed by atoms with Gasteiger partial charge in [-0.15, -0.1) is 0 Å². The lowest BCUT2D eigenvalue weighted by molar-refractivity contribution is 0.0240. The molecule has 0 bridgehead atoms. The summed E-state index contributed by atoms with van der Waals surface area (Å²) in [6.07, 6.45) is 2.01. The van der Waals surface area contributed by atoms with Gasteiger partial charge in [-0.1, -0.05) is 72.8 Å². The van der Waals surface area contributed by atoms with Crippen LogP contribution in [0.4, 0.5) is 0 Å². The van der Waals surface area contributed by atoms with Gasteiger partial charge >= 0.3 is 5.97 Å². The number of benzene rings is 3. The molecule has 1 atom stereocenters. The minimum absolute atomic E-state index is 0.326. The second-order valence-corrected chi connectivity index (χ2v) is 9.44. The molecule has 3 aromatic carbocycles. The Morgan fingerprint density at radius 1 is 0.865 bits per heavy atom. The Morgan fingerprint density at radius 3 is 2.43 bits per heavy atom. The Labute approximate surface area is 214 Å². The molecule has 0 radical (unpaired) electrons. The van der Waals surface area contributed by atoms with Crippen LogP contribution in [-0.2, 0) is 16.9 Å². The van der Waals surface area contributed by atoms with E-state index in [2.05, 4.69) is 53.1 Å². The lowest BCUT2D eigenvalue weighted by atomic mass is 9.79. The minimum atomic E-state index is -1.19. The highest BCUT2D eigenvalue weighted by Gasteiger charge is 2.54. The van der Waals surface area contributed by atoms with E-state index in [1.54, 1.807) is 0 Å². The van der Waals surface area contributed by atoms with Gasteiger partial charge in [0.05, 0.1) is 11.3 Å². The number of para-hydroxylation sites is 1. The fraction of sp³-hybridized carbons (Fsp3) is 0.125. The van der Waals surface area contributed by atoms with Gasteiger partial charge in [-0.3, -0.25) is 4.40 Å². The summed E-state index contributed by atoms with van der Waals surface area (Å²) in [4.78, 5) is 18.7. The first-order chi connectivity index (χ1) is 18.1. The van der Waals surface area contributed by atoms with Crippen molar-refractivity contribution in [3.05, 3.63) is 131 Å². The number of cyclic esters (lactones) is 1. The fourth-order valence-corrected chi connectivity index (χ4v) is 6.11. The Balaban J connectivity index is 1.72. The maximum atomic E-state index is 13.6. The molecule has 1 aliphatic heterocycles. The largest absolute Gasteiger partial charge is 0.439 e. The van der Waals surface area contributed by atoms with Gasteiger partial charge < -0.3 is 9.30 Å². The lowest BCUT2D eigenvalue weighted by Gasteiger charge is -2.31. The fourth-order valence-electron chi connectivity index (χ4n) is 6.11. The summed E-state index contributed by atoms with van der Waals surface area (Å²) in [7, 11) is 0. The number of pyridine rings is 1. The normalized spacial score (nSPS) is 16.9. The molecule has 7 rings (SSSR count). The molecule has 37 heavy (non-hydrogen) atoms. The van der Waals surface area contributed by atoms with E-state index < -0.39 is 5.60 Å². The zero-order valence-corrected chi connectivity index (χ0v) is 20.7. The summed E-state index contributed by atoms with van der Waals surface area (Å²) in [6.45, 7) is 5.08. The van der Waals surface area contributed by atoms with Crippen molar-refractivity contribution in [2.45, 2.75) is 26.0 Å². The number of fused-ring (bicyclic) bond motifs is 3. The monoisotopic (exact) mass is 483 g/mol. The number of carbonyl (C=O) groups is 1. The topological polar surface area (TPSA) is 48.5 Å². The molecule has 5 nitrogen and oxygen atoms in total. The van der Waals surface area contributed by atoms with E-state index in [0.29, 0.717) is 5.56 Å². The van der Waals surface area contributed by atoms with Crippen molar-refractivity contribution in [3.63, 3.8) is 0 Å². The third-order valence-electron chi connectivity index (χ3n) is 7.58. The number of hydrogen-bond donors (Lipinski definition) is 0. The summed E-state index contributed by atoms with van der Waals surface area (Å²) in [5, 5.41) is 1.07. The molecule has 5 heteroatoms. The van der Waals surface area contributed by atoms with Crippen LogP contribution in [0.3, 0.4) is 0 Å². The molecule has 180 valence electrons. The first-order valence-corrected chi connectivity index (χ1v) is 12.6. The molecule has 0 aliphatic carbocycles. The molecule has 0 saturated carbocycles. The van der Waals surface area contributed by atoms with Crippen molar-refractivity contribution in [2.75, 3.05) is 0 Å². The molecule has 0 saturated heterocycles. The number of esters is 1. The van der Waals surface area contributed by atoms with Crippen molar-refractivity contribution in [3.8, 4) is 11.3 Å². The first-order valence-electron chi connectivity index (χ1n) is 12.6. The van der Waals surface area contributed by atoms with Crippen LogP contribution in [0.5, 0.6) is 0 Å². The van der Waals surface area contributed by atoms with Crippen LogP contribution in [0.1, 0.15) is 39.8 Å². The average molecular weight is 484 g/mol. The van der Waals surface area contributed by atoms with Crippen molar-refractivity contribution in [2.24, 2.45) is 0 Å². The molecule has 3 aromatic heterocycles. The van der Waals surface area contributed by atoms with E-state index in [1.165, 1.54) is 0 Å². The van der Waals surface area contributed by atoms with Crippen molar-refractivity contribution >= 4 is 22.5 Å². The maximum Gasteiger partial charge on any atom is 0.340 e. The second-order valence-electron chi connectivity index (χ2n) is 9.44. The van der Waals surface area contributed by atoms with E-state index >= 15 is 0 Å². The van der Waals surface area contributed by atoms with Gasteiger partial charge in [-0.25, -0.2) is 9.78 Å². The lowest BCUT2D eigenvalue weighted by Crippen LogP contribution is -2.32. The summed E-state index contributed by atoms with van der Waals surface area (Å²) in [6, 6.07) is 32.2. The number of aromatic nitrogens is 3. The summed E-state index contributed by atoms with van der Waals surface area (Å²) in [5.74, 6) is -0.326. The standard InChI is InChI=1S/C32H25N3O2/c1-3-34-21(2)28(24-16-8-10-18-26(24)34)32(25-17-9-7-15-23(25)31(36)37-32)30-29(22-13-5-4-6-14-22)33-27-19-11-12-20-35(27)30/h4-20H,3H2,1-2H3. The van der Waals surface area contributed by atoms with E-state index in [4.69, 9.17) is 9.72 Å². The van der Waals surface area contributed by atoms with Crippen LogP contribution < -0.4 is 0 Å². The molecule has 0 N–H and O–H groups in total. The third kappa shape index (κ3) is 2.85. The van der Waals surface area contributed by atoms with Gasteiger partial charge in [0.15, 0.2) is 0 Å². The van der Waals surface area contributed by atoms with Crippen molar-refractivity contribution < 1.29 is 9.53 Å². The van der Waals surface area contributed by atoms with Gasteiger partial charge in [0.2, 0.25) is 5.60 Å². The second kappa shape index (κ2) is 7.93. The molecule has 6 aromatic rings. The van der Waals surface area contributed by atoms with Crippen molar-refractivity contribution in [1.29, 1.82) is 0 Å². The molecule has 4 heterocycles. The predicted molar refractivity (Wildman–Crippen MR) is 145 cm³/mol. The van der Waals surface area contributed by atoms with Crippen LogP contribution in [0, 0.1) is 6.92 Å². The highest BCUT2D eigenvalue weighted by atomic mass is 16.6. The SMILES string of the molecule is CCn1c(C)c(C2(c3c(-c4ccccc4)nc4ccccn34)OC(=O)c3ccccc32)c2ccccc21. The number of imidazole rings is 1. The summed E-state index contributed by atoms with van der Waals surface area (Å²) in [5.41, 5.74) is 6.79. The van der Waals surface area contributed by atoms with Crippen LogP contribution in [0.2, 0.25) is 0 Å². The zero-order valence-electron chi connectivity index (χ0n) is 20.7. The molecule has 0 amide bonds. The van der Waals surface area contributed by atoms with E-state index in [1.807, 2.05) is 72.9 Å². The number of nitrogens with zero attached hydrogens (tertiary/aromatic N) is 3. The highest BCUT2D eigenvalue weighted by Crippen LogP contribution is 2.53. The van der Waals surface area contributed by atoms with Gasteiger partial charge in [0.25, 0.3) is 0 Å². The molecular weight excluding hydrogens is 458 g/mol. The van der Waals surface area contributed by atoms with Crippen LogP contribution in [0.25, 0.3) is 27.8 Å². The Bertz CT molecular complexity index is 1830. The van der Waals surface area contributed by atoms with Crippen LogP contribution in [0.15, 0.2) is 103 Å². The van der Waals surface area contributed by atoms with Gasteiger partial charge in [0.1, 0.15) is 11.3 Å². The van der Waals surface area contributed by atoms with Gasteiger partial charge in [0, 0.05) is 46.0 Å². The number of carbonyl (C=O) groups excluding carboxylic acids is 1. The number of ether oxygens (including phenoxy) is 1. The highest BCUT2D eigenvalue weighted by molar-refractivity contribution is 5.99. The molecular formula is C32H25N3O2. The van der Waals surface area contributed by atoms with Gasteiger partial charge in [-0.05, 0) is 38.1 Å². The molecule has 0 fully saturated rings. The Morgan fingerprint density at radius 2 is 1.59 bits per heavy atom. The minimum Gasteiger partial charge on any atom is -0.439 e. The van der Waals surface area contributed by atoms with E-state index in [-0.39, 0.29) is 5.97 Å². The Kier molecular flexibility index (Phi) is 4.64. The quantitative estimate of drug-likeness (QED) is 0.261. The molecule has 1 unspecified atom stereocenters. The van der Waals surface area contributed by atoms with Crippen LogP contribution in [-0.4, -0.2) is 19.9 Å². The molecule has 1 aliphatic rings. The van der Waals surface area contributed by atoms with E-state index in [0.717, 1.165) is 56.9 Å². The predicted octanol–water partition coefficient (Wildman–Crippen LogP) is 6.75. The zero-order chi connectivity index (χ0) is 25.1.